The van der Waals surface area contributed by atoms with Crippen LogP contribution in [0.1, 0.15) is 11.3 Å². The van der Waals surface area contributed by atoms with E-state index in [0.717, 1.165) is 5.56 Å². The summed E-state index contributed by atoms with van der Waals surface area (Å²) in [4.78, 5) is 0. The summed E-state index contributed by atoms with van der Waals surface area (Å²) in [7, 11) is 1.49. The summed E-state index contributed by atoms with van der Waals surface area (Å²) in [5, 5.41) is 13.3. The Balaban J connectivity index is 1.77. The van der Waals surface area contributed by atoms with Crippen LogP contribution in [0.5, 0.6) is 11.5 Å². The van der Waals surface area contributed by atoms with Crippen molar-refractivity contribution in [3.8, 4) is 28.9 Å². The van der Waals surface area contributed by atoms with Crippen LogP contribution in [0, 0.1) is 11.3 Å². The molecule has 1 aromatic heterocycles. The lowest BCUT2D eigenvalue weighted by Gasteiger charge is -2.11. The molecule has 0 bridgehead atoms. The molecule has 0 radical (unpaired) electrons. The maximum atomic E-state index is 8.96. The molecule has 0 atom stereocenters. The normalized spacial score (nSPS) is 10.2. The Kier molecular flexibility index (Phi) is 4.69. The van der Waals surface area contributed by atoms with Gasteiger partial charge in [-0.15, -0.1) is 0 Å². The van der Waals surface area contributed by atoms with Gasteiger partial charge in [0.05, 0.1) is 23.8 Å². The molecule has 0 fully saturated rings. The molecular formula is C18H13ClN2O3. The van der Waals surface area contributed by atoms with E-state index in [4.69, 9.17) is 30.9 Å². The molecule has 0 aliphatic carbocycles. The first-order valence-electron chi connectivity index (χ1n) is 7.12. The second kappa shape index (κ2) is 7.07. The fourth-order valence-electron chi connectivity index (χ4n) is 2.19. The first kappa shape index (κ1) is 15.9. The number of benzene rings is 2. The Bertz CT molecular complexity index is 885. The number of halogens is 1. The van der Waals surface area contributed by atoms with Crippen LogP contribution in [0.3, 0.4) is 0 Å². The Hall–Kier alpha value is -2.97. The molecule has 2 aromatic carbocycles. The smallest absolute Gasteiger partial charge is 0.180 e. The average Bonchev–Trinajstić information content (AvgIpc) is 3.09. The van der Waals surface area contributed by atoms with Crippen LogP contribution in [0.25, 0.3) is 11.3 Å². The van der Waals surface area contributed by atoms with E-state index in [9.17, 15) is 0 Å². The minimum absolute atomic E-state index is 0.165. The van der Waals surface area contributed by atoms with Crippen LogP contribution < -0.4 is 9.47 Å². The Morgan fingerprint density at radius 1 is 1.21 bits per heavy atom. The van der Waals surface area contributed by atoms with Crippen LogP contribution in [-0.2, 0) is 6.61 Å². The third-order valence-electron chi connectivity index (χ3n) is 3.34. The summed E-state index contributed by atoms with van der Waals surface area (Å²) in [6, 6.07) is 16.6. The monoisotopic (exact) mass is 340 g/mol. The van der Waals surface area contributed by atoms with E-state index in [0.29, 0.717) is 33.5 Å². The van der Waals surface area contributed by atoms with E-state index in [1.807, 2.05) is 36.4 Å². The highest BCUT2D eigenvalue weighted by atomic mass is 35.5. The van der Waals surface area contributed by atoms with Gasteiger partial charge in [-0.2, -0.15) is 5.26 Å². The molecule has 0 spiro atoms. The fourth-order valence-corrected chi connectivity index (χ4v) is 2.45. The summed E-state index contributed by atoms with van der Waals surface area (Å²) in [6.45, 7) is 0.165. The van der Waals surface area contributed by atoms with Crippen LogP contribution >= 0.6 is 11.6 Å². The molecule has 0 saturated carbocycles. The lowest BCUT2D eigenvalue weighted by atomic mass is 10.2. The van der Waals surface area contributed by atoms with Crippen molar-refractivity contribution in [3.63, 3.8) is 0 Å². The second-order valence-electron chi connectivity index (χ2n) is 4.94. The lowest BCUT2D eigenvalue weighted by molar-refractivity contribution is 0.273. The van der Waals surface area contributed by atoms with Gasteiger partial charge in [-0.1, -0.05) is 47.1 Å². The van der Waals surface area contributed by atoms with Crippen molar-refractivity contribution in [1.29, 1.82) is 5.26 Å². The molecule has 3 rings (SSSR count). The van der Waals surface area contributed by atoms with Gasteiger partial charge in [0.25, 0.3) is 0 Å². The Morgan fingerprint density at radius 3 is 2.71 bits per heavy atom. The molecule has 0 aliphatic heterocycles. The van der Waals surface area contributed by atoms with Gasteiger partial charge in [-0.25, -0.2) is 0 Å². The minimum atomic E-state index is 0.165. The Labute approximate surface area is 144 Å². The predicted molar refractivity (Wildman–Crippen MR) is 89.0 cm³/mol. The molecule has 6 heteroatoms. The summed E-state index contributed by atoms with van der Waals surface area (Å²) in [6.07, 6.45) is 0. The fraction of sp³-hybridized carbons (Fsp3) is 0.111. The Morgan fingerprint density at radius 2 is 2.00 bits per heavy atom. The van der Waals surface area contributed by atoms with E-state index in [2.05, 4.69) is 5.16 Å². The largest absolute Gasteiger partial charge is 0.493 e. The quantitative estimate of drug-likeness (QED) is 0.686. The van der Waals surface area contributed by atoms with Crippen molar-refractivity contribution >= 4 is 11.6 Å². The number of nitriles is 1. The maximum absolute atomic E-state index is 8.96. The number of hydrogen-bond acceptors (Lipinski definition) is 5. The molecular weight excluding hydrogens is 328 g/mol. The van der Waals surface area contributed by atoms with Crippen LogP contribution in [0.2, 0.25) is 5.02 Å². The van der Waals surface area contributed by atoms with Gasteiger partial charge in [0.2, 0.25) is 0 Å². The van der Waals surface area contributed by atoms with E-state index in [1.165, 1.54) is 13.2 Å². The van der Waals surface area contributed by atoms with Crippen molar-refractivity contribution in [3.05, 3.63) is 64.8 Å². The molecule has 0 saturated heterocycles. The van der Waals surface area contributed by atoms with Gasteiger partial charge in [-0.3, -0.25) is 0 Å². The van der Waals surface area contributed by atoms with Crippen LogP contribution in [0.15, 0.2) is 53.1 Å². The third kappa shape index (κ3) is 3.34. The number of methoxy groups -OCH3 is 1. The molecule has 3 aromatic rings. The molecule has 1 heterocycles. The SMILES string of the molecule is COc1cc(C#N)cc(Cl)c1OCc1cc(-c2ccccc2)on1. The maximum Gasteiger partial charge on any atom is 0.180 e. The van der Waals surface area contributed by atoms with Gasteiger partial charge in [0.15, 0.2) is 17.3 Å². The van der Waals surface area contributed by atoms with Crippen molar-refractivity contribution in [2.45, 2.75) is 6.61 Å². The highest BCUT2D eigenvalue weighted by Gasteiger charge is 2.14. The van der Waals surface area contributed by atoms with Crippen molar-refractivity contribution in [2.24, 2.45) is 0 Å². The number of nitrogens with zero attached hydrogens (tertiary/aromatic N) is 2. The molecule has 24 heavy (non-hydrogen) atoms. The van der Waals surface area contributed by atoms with Crippen LogP contribution in [-0.4, -0.2) is 12.3 Å². The van der Waals surface area contributed by atoms with Crippen LogP contribution in [0.4, 0.5) is 0 Å². The zero-order valence-electron chi connectivity index (χ0n) is 12.8. The first-order chi connectivity index (χ1) is 11.7. The van der Waals surface area contributed by atoms with Gasteiger partial charge >= 0.3 is 0 Å². The highest BCUT2D eigenvalue weighted by Crippen LogP contribution is 2.36. The van der Waals surface area contributed by atoms with Gasteiger partial charge < -0.3 is 14.0 Å². The first-order valence-corrected chi connectivity index (χ1v) is 7.50. The number of aromatic nitrogens is 1. The van der Waals surface area contributed by atoms with E-state index < -0.39 is 0 Å². The van der Waals surface area contributed by atoms with Gasteiger partial charge in [0.1, 0.15) is 12.3 Å². The standard InChI is InChI=1S/C18H13ClN2O3/c1-22-17-8-12(10-20)7-15(19)18(17)23-11-14-9-16(24-21-14)13-5-3-2-4-6-13/h2-9H,11H2,1H3. The van der Waals surface area contributed by atoms with E-state index in [1.54, 1.807) is 12.1 Å². The summed E-state index contributed by atoms with van der Waals surface area (Å²) in [5.41, 5.74) is 1.96. The average molecular weight is 341 g/mol. The summed E-state index contributed by atoms with van der Waals surface area (Å²) >= 11 is 6.16. The predicted octanol–water partition coefficient (Wildman–Crippen LogP) is 4.45. The zero-order valence-corrected chi connectivity index (χ0v) is 13.6. The van der Waals surface area contributed by atoms with Crippen molar-refractivity contribution in [2.75, 3.05) is 7.11 Å². The molecule has 120 valence electrons. The lowest BCUT2D eigenvalue weighted by Crippen LogP contribution is -1.99. The molecule has 0 amide bonds. The number of hydrogen-bond donors (Lipinski definition) is 0. The highest BCUT2D eigenvalue weighted by molar-refractivity contribution is 6.32. The molecule has 0 unspecified atom stereocenters. The molecule has 0 aliphatic rings. The van der Waals surface area contributed by atoms with E-state index in [-0.39, 0.29) is 6.61 Å². The number of ether oxygens (including phenoxy) is 2. The summed E-state index contributed by atoms with van der Waals surface area (Å²) < 4.78 is 16.3. The summed E-state index contributed by atoms with van der Waals surface area (Å²) in [5.74, 6) is 1.42. The second-order valence-corrected chi connectivity index (χ2v) is 5.35. The molecule has 0 N–H and O–H groups in total. The topological polar surface area (TPSA) is 68.3 Å². The van der Waals surface area contributed by atoms with Gasteiger partial charge in [-0.05, 0) is 6.07 Å². The number of rotatable bonds is 5. The van der Waals surface area contributed by atoms with Crippen molar-refractivity contribution in [1.82, 2.24) is 5.16 Å². The zero-order chi connectivity index (χ0) is 16.9. The third-order valence-corrected chi connectivity index (χ3v) is 3.62. The van der Waals surface area contributed by atoms with E-state index >= 15 is 0 Å². The van der Waals surface area contributed by atoms with Gasteiger partial charge in [0, 0.05) is 17.7 Å². The minimum Gasteiger partial charge on any atom is -0.493 e. The van der Waals surface area contributed by atoms with Crippen molar-refractivity contribution < 1.29 is 14.0 Å². The molecule has 5 nitrogen and oxygen atoms in total.